The van der Waals surface area contributed by atoms with Gasteiger partial charge in [-0.3, -0.25) is 9.52 Å². The van der Waals surface area contributed by atoms with Gasteiger partial charge in [0.05, 0.1) is 10.6 Å². The minimum atomic E-state index is -3.99. The number of sulfonamides is 1. The summed E-state index contributed by atoms with van der Waals surface area (Å²) in [5.41, 5.74) is 3.01. The van der Waals surface area contributed by atoms with E-state index < -0.39 is 15.8 Å². The molecule has 0 spiro atoms. The first-order valence-corrected chi connectivity index (χ1v) is 9.18. The molecule has 0 aliphatic heterocycles. The van der Waals surface area contributed by atoms with Gasteiger partial charge in [0.25, 0.3) is 10.0 Å². The monoisotopic (exact) mass is 364 g/mol. The molecule has 25 heavy (non-hydrogen) atoms. The second-order valence-corrected chi connectivity index (χ2v) is 7.69. The lowest BCUT2D eigenvalue weighted by molar-refractivity contribution is -0.114. The maximum absolute atomic E-state index is 14.1. The molecular formula is C18H21FN2O3S. The minimum absolute atomic E-state index is 0.148. The average Bonchev–Trinajstić information content (AvgIpc) is 2.48. The number of anilines is 2. The Bertz CT molecular complexity index is 927. The van der Waals surface area contributed by atoms with E-state index in [4.69, 9.17) is 0 Å². The number of amides is 1. The largest absolute Gasteiger partial charge is 0.326 e. The Balaban J connectivity index is 2.52. The quantitative estimate of drug-likeness (QED) is 0.866. The van der Waals surface area contributed by atoms with Crippen molar-refractivity contribution in [2.75, 3.05) is 10.0 Å². The van der Waals surface area contributed by atoms with Crippen LogP contribution in [0.4, 0.5) is 15.8 Å². The summed E-state index contributed by atoms with van der Waals surface area (Å²) >= 11 is 0. The number of halogens is 1. The molecule has 0 atom stereocenters. The number of carbonyl (C=O) groups excluding carboxylic acids is 1. The lowest BCUT2D eigenvalue weighted by Crippen LogP contribution is -2.18. The molecule has 0 aliphatic carbocycles. The minimum Gasteiger partial charge on any atom is -0.326 e. The number of nitrogens with one attached hydrogen (secondary N) is 2. The van der Waals surface area contributed by atoms with Crippen molar-refractivity contribution < 1.29 is 17.6 Å². The van der Waals surface area contributed by atoms with Crippen molar-refractivity contribution in [3.8, 4) is 0 Å². The van der Waals surface area contributed by atoms with E-state index in [1.165, 1.54) is 19.1 Å². The molecule has 0 bridgehead atoms. The van der Waals surface area contributed by atoms with Gasteiger partial charge in [0.1, 0.15) is 5.82 Å². The highest BCUT2D eigenvalue weighted by Crippen LogP contribution is 2.29. The third-order valence-corrected chi connectivity index (χ3v) is 5.74. The van der Waals surface area contributed by atoms with Gasteiger partial charge >= 0.3 is 0 Å². The first-order valence-electron chi connectivity index (χ1n) is 7.70. The van der Waals surface area contributed by atoms with Crippen LogP contribution in [-0.2, 0) is 14.8 Å². The first-order chi connectivity index (χ1) is 11.5. The molecule has 0 aliphatic rings. The molecule has 5 nitrogen and oxygen atoms in total. The summed E-state index contributed by atoms with van der Waals surface area (Å²) in [4.78, 5) is 11.3. The lowest BCUT2D eigenvalue weighted by Gasteiger charge is -2.17. The predicted molar refractivity (Wildman–Crippen MR) is 96.9 cm³/mol. The topological polar surface area (TPSA) is 75.3 Å². The fourth-order valence-corrected chi connectivity index (χ4v) is 4.34. The van der Waals surface area contributed by atoms with E-state index in [1.54, 1.807) is 13.8 Å². The number of carbonyl (C=O) groups is 1. The van der Waals surface area contributed by atoms with E-state index in [0.717, 1.165) is 17.2 Å². The Labute approximate surface area is 147 Å². The van der Waals surface area contributed by atoms with Gasteiger partial charge < -0.3 is 5.32 Å². The lowest BCUT2D eigenvalue weighted by atomic mass is 10.0. The van der Waals surface area contributed by atoms with E-state index in [2.05, 4.69) is 10.0 Å². The summed E-state index contributed by atoms with van der Waals surface area (Å²) in [7, 11) is -3.99. The maximum atomic E-state index is 14.1. The highest BCUT2D eigenvalue weighted by atomic mass is 32.2. The van der Waals surface area contributed by atoms with Crippen LogP contribution in [0.15, 0.2) is 29.2 Å². The van der Waals surface area contributed by atoms with Gasteiger partial charge in [-0.25, -0.2) is 12.8 Å². The Hall–Kier alpha value is -2.41. The van der Waals surface area contributed by atoms with Gasteiger partial charge in [-0.15, -0.1) is 0 Å². The Morgan fingerprint density at radius 3 is 2.08 bits per heavy atom. The molecule has 2 N–H and O–H groups in total. The maximum Gasteiger partial charge on any atom is 0.262 e. The van der Waals surface area contributed by atoms with Gasteiger partial charge in [-0.2, -0.15) is 0 Å². The van der Waals surface area contributed by atoms with Gasteiger partial charge in [-0.05, 0) is 68.1 Å². The van der Waals surface area contributed by atoms with E-state index in [-0.39, 0.29) is 16.5 Å². The highest BCUT2D eigenvalue weighted by Gasteiger charge is 2.23. The third kappa shape index (κ3) is 3.99. The van der Waals surface area contributed by atoms with Crippen LogP contribution in [0.2, 0.25) is 0 Å². The predicted octanol–water partition coefficient (Wildman–Crippen LogP) is 3.82. The molecular weight excluding hydrogens is 343 g/mol. The van der Waals surface area contributed by atoms with Crippen molar-refractivity contribution in [1.82, 2.24) is 0 Å². The smallest absolute Gasteiger partial charge is 0.262 e. The summed E-state index contributed by atoms with van der Waals surface area (Å²) in [5, 5.41) is 2.50. The summed E-state index contributed by atoms with van der Waals surface area (Å²) in [6.45, 7) is 8.42. The molecule has 0 unspecified atom stereocenters. The SMILES string of the molecule is CC(=O)Nc1ccc(F)c(NS(=O)(=O)c2c(C)c(C)cc(C)c2C)c1. The van der Waals surface area contributed by atoms with Gasteiger partial charge in [-0.1, -0.05) is 6.07 Å². The molecule has 0 saturated carbocycles. The fourth-order valence-electron chi connectivity index (χ4n) is 2.66. The van der Waals surface area contributed by atoms with Crippen LogP contribution in [0.1, 0.15) is 29.2 Å². The standard InChI is InChI=1S/C18H21FN2O3S/c1-10-8-11(2)13(4)18(12(10)3)25(23,24)21-17-9-15(20-14(5)22)6-7-16(17)19/h6-9,21H,1-5H3,(H,20,22). The van der Waals surface area contributed by atoms with Crippen molar-refractivity contribution in [1.29, 1.82) is 0 Å². The number of rotatable bonds is 4. The van der Waals surface area contributed by atoms with E-state index in [0.29, 0.717) is 16.8 Å². The molecule has 0 heterocycles. The van der Waals surface area contributed by atoms with Crippen LogP contribution in [0.5, 0.6) is 0 Å². The molecule has 0 saturated heterocycles. The molecule has 7 heteroatoms. The third-order valence-electron chi connectivity index (χ3n) is 4.10. The molecule has 2 aromatic carbocycles. The van der Waals surface area contributed by atoms with Crippen LogP contribution >= 0.6 is 0 Å². The van der Waals surface area contributed by atoms with E-state index >= 15 is 0 Å². The Kier molecular flexibility index (Phi) is 5.17. The van der Waals surface area contributed by atoms with Crippen LogP contribution in [-0.4, -0.2) is 14.3 Å². The second kappa shape index (κ2) is 6.84. The summed E-state index contributed by atoms with van der Waals surface area (Å²) in [6.07, 6.45) is 0. The van der Waals surface area contributed by atoms with E-state index in [9.17, 15) is 17.6 Å². The van der Waals surface area contributed by atoms with E-state index in [1.807, 2.05) is 19.9 Å². The number of benzene rings is 2. The Morgan fingerprint density at radius 2 is 1.56 bits per heavy atom. The van der Waals surface area contributed by atoms with Crippen molar-refractivity contribution in [2.45, 2.75) is 39.5 Å². The molecule has 1 amide bonds. The molecule has 2 rings (SSSR count). The molecule has 0 radical (unpaired) electrons. The first kappa shape index (κ1) is 18.9. The van der Waals surface area contributed by atoms with Crippen LogP contribution in [0.3, 0.4) is 0 Å². The van der Waals surface area contributed by atoms with Crippen molar-refractivity contribution in [2.24, 2.45) is 0 Å². The van der Waals surface area contributed by atoms with Crippen LogP contribution < -0.4 is 10.0 Å². The number of hydrogen-bond acceptors (Lipinski definition) is 3. The van der Waals surface area contributed by atoms with Crippen LogP contribution in [0.25, 0.3) is 0 Å². The summed E-state index contributed by atoms with van der Waals surface area (Å²) < 4.78 is 42.1. The zero-order chi connectivity index (χ0) is 18.9. The van der Waals surface area contributed by atoms with Crippen LogP contribution in [0, 0.1) is 33.5 Å². The second-order valence-electron chi connectivity index (χ2n) is 6.07. The van der Waals surface area contributed by atoms with Gasteiger partial charge in [0.15, 0.2) is 0 Å². The van der Waals surface area contributed by atoms with Crippen molar-refractivity contribution in [3.05, 3.63) is 52.3 Å². The van der Waals surface area contributed by atoms with Gasteiger partial charge in [0, 0.05) is 12.6 Å². The van der Waals surface area contributed by atoms with Crippen molar-refractivity contribution >= 4 is 27.3 Å². The number of aryl methyl sites for hydroxylation is 2. The average molecular weight is 364 g/mol. The zero-order valence-electron chi connectivity index (χ0n) is 14.8. The Morgan fingerprint density at radius 1 is 1.00 bits per heavy atom. The van der Waals surface area contributed by atoms with Crippen molar-refractivity contribution in [3.63, 3.8) is 0 Å². The summed E-state index contributed by atoms with van der Waals surface area (Å²) in [6, 6.07) is 5.63. The molecule has 2 aromatic rings. The normalized spacial score (nSPS) is 11.3. The zero-order valence-corrected chi connectivity index (χ0v) is 15.6. The molecule has 0 aromatic heterocycles. The fraction of sp³-hybridized carbons (Fsp3) is 0.278. The van der Waals surface area contributed by atoms with Gasteiger partial charge in [0.2, 0.25) is 5.91 Å². The molecule has 0 fully saturated rings. The molecule has 134 valence electrons. The number of hydrogen-bond donors (Lipinski definition) is 2. The highest BCUT2D eigenvalue weighted by molar-refractivity contribution is 7.92. The summed E-state index contributed by atoms with van der Waals surface area (Å²) in [5.74, 6) is -1.06.